The minimum Gasteiger partial charge on any atom is -0.376 e. The van der Waals surface area contributed by atoms with E-state index in [0.29, 0.717) is 19.8 Å². The van der Waals surface area contributed by atoms with E-state index in [1.165, 1.54) is 5.56 Å². The van der Waals surface area contributed by atoms with Crippen LogP contribution in [0, 0.1) is 0 Å². The van der Waals surface area contributed by atoms with Crippen LogP contribution in [0.25, 0.3) is 0 Å². The van der Waals surface area contributed by atoms with Crippen molar-refractivity contribution >= 4 is 5.91 Å². The second-order valence-electron chi connectivity index (χ2n) is 5.40. The normalized spacial score (nSPS) is 24.0. The molecule has 2 fully saturated rings. The van der Waals surface area contributed by atoms with Crippen molar-refractivity contribution in [3.8, 4) is 0 Å². The predicted molar refractivity (Wildman–Crippen MR) is 76.7 cm³/mol. The van der Waals surface area contributed by atoms with Crippen LogP contribution < -0.4 is 0 Å². The van der Waals surface area contributed by atoms with Crippen molar-refractivity contribution in [1.82, 2.24) is 14.8 Å². The highest BCUT2D eigenvalue weighted by Gasteiger charge is 2.29. The number of amides is 1. The Morgan fingerprint density at radius 3 is 2.81 bits per heavy atom. The van der Waals surface area contributed by atoms with Crippen LogP contribution >= 0.6 is 0 Å². The lowest BCUT2D eigenvalue weighted by atomic mass is 10.2. The number of ether oxygens (including phenoxy) is 2. The van der Waals surface area contributed by atoms with Crippen LogP contribution in [-0.4, -0.2) is 72.8 Å². The number of hydrogen-bond acceptors (Lipinski definition) is 5. The zero-order valence-corrected chi connectivity index (χ0v) is 12.1. The quantitative estimate of drug-likeness (QED) is 0.793. The summed E-state index contributed by atoms with van der Waals surface area (Å²) in [5, 5.41) is 0. The summed E-state index contributed by atoms with van der Waals surface area (Å²) in [6.07, 6.45) is 3.26. The maximum Gasteiger partial charge on any atom is 0.254 e. The van der Waals surface area contributed by atoms with Gasteiger partial charge in [-0.3, -0.25) is 14.7 Å². The first-order chi connectivity index (χ1) is 10.3. The van der Waals surface area contributed by atoms with Gasteiger partial charge in [-0.15, -0.1) is 0 Å². The molecule has 1 unspecified atom stereocenters. The Morgan fingerprint density at radius 1 is 1.29 bits per heavy atom. The molecule has 0 saturated carbocycles. The second-order valence-corrected chi connectivity index (χ2v) is 5.40. The number of hydrogen-bond donors (Lipinski definition) is 0. The van der Waals surface area contributed by atoms with E-state index in [9.17, 15) is 4.79 Å². The Labute approximate surface area is 124 Å². The van der Waals surface area contributed by atoms with Gasteiger partial charge in [0, 0.05) is 45.1 Å². The van der Waals surface area contributed by atoms with Crippen LogP contribution in [0.5, 0.6) is 0 Å². The maximum atomic E-state index is 12.3. The molecule has 2 aliphatic heterocycles. The van der Waals surface area contributed by atoms with Gasteiger partial charge in [-0.1, -0.05) is 6.07 Å². The number of aromatic nitrogens is 1. The van der Waals surface area contributed by atoms with Crippen molar-refractivity contribution in [2.45, 2.75) is 12.6 Å². The number of piperazine rings is 1. The van der Waals surface area contributed by atoms with Gasteiger partial charge < -0.3 is 14.4 Å². The van der Waals surface area contributed by atoms with Gasteiger partial charge in [0.1, 0.15) is 0 Å². The Morgan fingerprint density at radius 2 is 2.14 bits per heavy atom. The molecule has 2 aliphatic rings. The third-order valence-corrected chi connectivity index (χ3v) is 3.90. The molecule has 6 heteroatoms. The van der Waals surface area contributed by atoms with Crippen molar-refractivity contribution in [1.29, 1.82) is 0 Å². The molecule has 21 heavy (non-hydrogen) atoms. The highest BCUT2D eigenvalue weighted by atomic mass is 16.6. The zero-order chi connectivity index (χ0) is 14.5. The lowest BCUT2D eigenvalue weighted by Gasteiger charge is -2.36. The minimum absolute atomic E-state index is 0.0655. The molecule has 0 aliphatic carbocycles. The van der Waals surface area contributed by atoms with Crippen LogP contribution in [-0.2, 0) is 20.8 Å². The fourth-order valence-electron chi connectivity index (χ4n) is 2.71. The molecule has 2 saturated heterocycles. The summed E-state index contributed by atoms with van der Waals surface area (Å²) in [5.74, 6) is 0.0655. The maximum absolute atomic E-state index is 12.3. The molecule has 6 nitrogen and oxygen atoms in total. The number of nitrogens with zero attached hydrogens (tertiary/aromatic N) is 3. The van der Waals surface area contributed by atoms with E-state index in [0.717, 1.165) is 32.7 Å². The summed E-state index contributed by atoms with van der Waals surface area (Å²) in [6, 6.07) is 4.03. The summed E-state index contributed by atoms with van der Waals surface area (Å²) < 4.78 is 10.8. The Bertz CT molecular complexity index is 454. The van der Waals surface area contributed by atoms with Crippen LogP contribution in [0.4, 0.5) is 0 Å². The molecule has 0 aromatic carbocycles. The first-order valence-corrected chi connectivity index (χ1v) is 7.42. The average Bonchev–Trinajstić information content (AvgIpc) is 2.57. The average molecular weight is 291 g/mol. The largest absolute Gasteiger partial charge is 0.376 e. The number of pyridine rings is 1. The van der Waals surface area contributed by atoms with Gasteiger partial charge in [0.15, 0.2) is 6.10 Å². The molecular weight excluding hydrogens is 270 g/mol. The van der Waals surface area contributed by atoms with Gasteiger partial charge in [-0.05, 0) is 11.6 Å². The van der Waals surface area contributed by atoms with E-state index in [1.807, 2.05) is 17.2 Å². The van der Waals surface area contributed by atoms with Crippen LogP contribution in [0.1, 0.15) is 5.56 Å². The van der Waals surface area contributed by atoms with Gasteiger partial charge in [0.2, 0.25) is 0 Å². The van der Waals surface area contributed by atoms with Crippen LogP contribution in [0.15, 0.2) is 24.5 Å². The molecule has 3 heterocycles. The molecule has 1 amide bonds. The van der Waals surface area contributed by atoms with Crippen LogP contribution in [0.3, 0.4) is 0 Å². The van der Waals surface area contributed by atoms with Gasteiger partial charge in [-0.25, -0.2) is 0 Å². The van der Waals surface area contributed by atoms with E-state index in [1.54, 1.807) is 6.20 Å². The predicted octanol–water partition coefficient (Wildman–Crippen LogP) is 0.141. The Balaban J connectivity index is 1.47. The van der Waals surface area contributed by atoms with Crippen molar-refractivity contribution in [2.75, 3.05) is 46.0 Å². The highest BCUT2D eigenvalue weighted by Crippen LogP contribution is 2.11. The SMILES string of the molecule is O=C(C1COCCO1)N1CCN(Cc2cccnc2)CC1. The summed E-state index contributed by atoms with van der Waals surface area (Å²) >= 11 is 0. The zero-order valence-electron chi connectivity index (χ0n) is 12.1. The fraction of sp³-hybridized carbons (Fsp3) is 0.600. The second kappa shape index (κ2) is 6.98. The molecule has 3 rings (SSSR count). The monoisotopic (exact) mass is 291 g/mol. The standard InChI is InChI=1S/C15H21N3O3/c19-15(14-12-20-8-9-21-14)18-6-4-17(5-7-18)11-13-2-1-3-16-10-13/h1-3,10,14H,4-9,11-12H2. The van der Waals surface area contributed by atoms with Gasteiger partial charge in [0.05, 0.1) is 19.8 Å². The molecule has 114 valence electrons. The lowest BCUT2D eigenvalue weighted by molar-refractivity contribution is -0.159. The first-order valence-electron chi connectivity index (χ1n) is 7.42. The number of carbonyl (C=O) groups is 1. The summed E-state index contributed by atoms with van der Waals surface area (Å²) in [5.41, 5.74) is 1.21. The topological polar surface area (TPSA) is 54.9 Å². The number of carbonyl (C=O) groups excluding carboxylic acids is 1. The summed E-state index contributed by atoms with van der Waals surface area (Å²) in [4.78, 5) is 20.7. The van der Waals surface area contributed by atoms with Crippen molar-refractivity contribution in [2.24, 2.45) is 0 Å². The molecule has 0 N–H and O–H groups in total. The smallest absolute Gasteiger partial charge is 0.254 e. The summed E-state index contributed by atoms with van der Waals surface area (Å²) in [6.45, 7) is 5.63. The Hall–Kier alpha value is -1.50. The first kappa shape index (κ1) is 14.4. The van der Waals surface area contributed by atoms with Gasteiger partial charge in [-0.2, -0.15) is 0 Å². The molecule has 0 bridgehead atoms. The lowest BCUT2D eigenvalue weighted by Crippen LogP contribution is -2.53. The van der Waals surface area contributed by atoms with Gasteiger partial charge in [0.25, 0.3) is 5.91 Å². The highest BCUT2D eigenvalue weighted by molar-refractivity contribution is 5.81. The molecule has 1 aromatic rings. The van der Waals surface area contributed by atoms with E-state index in [-0.39, 0.29) is 5.91 Å². The van der Waals surface area contributed by atoms with E-state index in [2.05, 4.69) is 16.0 Å². The van der Waals surface area contributed by atoms with Gasteiger partial charge >= 0.3 is 0 Å². The van der Waals surface area contributed by atoms with Crippen molar-refractivity contribution in [3.05, 3.63) is 30.1 Å². The third-order valence-electron chi connectivity index (χ3n) is 3.90. The Kier molecular flexibility index (Phi) is 4.80. The fourth-order valence-corrected chi connectivity index (χ4v) is 2.71. The van der Waals surface area contributed by atoms with Crippen LogP contribution in [0.2, 0.25) is 0 Å². The third kappa shape index (κ3) is 3.78. The van der Waals surface area contributed by atoms with E-state index >= 15 is 0 Å². The van der Waals surface area contributed by atoms with E-state index < -0.39 is 6.10 Å². The molecule has 1 aromatic heterocycles. The van der Waals surface area contributed by atoms with Crippen molar-refractivity contribution < 1.29 is 14.3 Å². The molecule has 0 radical (unpaired) electrons. The van der Waals surface area contributed by atoms with Crippen molar-refractivity contribution in [3.63, 3.8) is 0 Å². The molecule has 0 spiro atoms. The molecule has 1 atom stereocenters. The number of rotatable bonds is 3. The van der Waals surface area contributed by atoms with E-state index in [4.69, 9.17) is 9.47 Å². The summed E-state index contributed by atoms with van der Waals surface area (Å²) in [7, 11) is 0. The minimum atomic E-state index is -0.413. The molecular formula is C15H21N3O3.